The Hall–Kier alpha value is -3.19. The van der Waals surface area contributed by atoms with Crippen LogP contribution in [0.5, 0.6) is 0 Å². The Morgan fingerprint density at radius 2 is 1.97 bits per heavy atom. The number of benzene rings is 2. The molecule has 33 heavy (non-hydrogen) atoms. The standard InChI is InChI=1S/C26H27FN2O4/c1-15-7-8-18-23-19(25(31)20(26(32)33)14-29(15)23)12-21(27)24(18)28-10-9-22(30)17(13-28)11-16-5-3-2-4-6-16/h2-6,12,14-15,17,22,30H,7-11,13H2,1H3,(H,32,33)/t15-,17?,22?/m0/s1. The first-order chi connectivity index (χ1) is 15.8. The van der Waals surface area contributed by atoms with Crippen molar-refractivity contribution in [3.05, 3.63) is 75.3 Å². The number of hydrogen-bond donors (Lipinski definition) is 2. The van der Waals surface area contributed by atoms with Gasteiger partial charge in [0.05, 0.1) is 17.3 Å². The lowest BCUT2D eigenvalue weighted by molar-refractivity contribution is 0.0694. The maximum Gasteiger partial charge on any atom is 0.341 e. The van der Waals surface area contributed by atoms with Crippen LogP contribution in [-0.4, -0.2) is 39.9 Å². The Balaban J connectivity index is 1.60. The number of piperidine rings is 1. The summed E-state index contributed by atoms with van der Waals surface area (Å²) >= 11 is 0. The van der Waals surface area contributed by atoms with Gasteiger partial charge in [-0.1, -0.05) is 30.3 Å². The first kappa shape index (κ1) is 21.6. The van der Waals surface area contributed by atoms with Crippen LogP contribution in [0, 0.1) is 11.7 Å². The summed E-state index contributed by atoms with van der Waals surface area (Å²) in [5.41, 5.74) is 2.02. The summed E-state index contributed by atoms with van der Waals surface area (Å²) in [4.78, 5) is 26.5. The number of aliphatic hydroxyl groups excluding tert-OH is 1. The molecule has 0 radical (unpaired) electrons. The molecule has 5 rings (SSSR count). The minimum Gasteiger partial charge on any atom is -0.477 e. The summed E-state index contributed by atoms with van der Waals surface area (Å²) in [7, 11) is 0. The molecule has 0 amide bonds. The fraction of sp³-hybridized carbons (Fsp3) is 0.385. The number of aryl methyl sites for hydroxylation is 1. The lowest BCUT2D eigenvalue weighted by atomic mass is 9.87. The third-order valence-corrected chi connectivity index (χ3v) is 7.21. The predicted octanol–water partition coefficient (Wildman–Crippen LogP) is 3.78. The van der Waals surface area contributed by atoms with E-state index in [2.05, 4.69) is 0 Å². The van der Waals surface area contributed by atoms with Crippen molar-refractivity contribution in [1.29, 1.82) is 0 Å². The van der Waals surface area contributed by atoms with Gasteiger partial charge in [-0.15, -0.1) is 0 Å². The lowest BCUT2D eigenvalue weighted by Gasteiger charge is -2.40. The molecule has 3 aromatic rings. The van der Waals surface area contributed by atoms with Crippen molar-refractivity contribution in [2.24, 2.45) is 5.92 Å². The summed E-state index contributed by atoms with van der Waals surface area (Å²) in [6.07, 6.45) is 3.52. The Morgan fingerprint density at radius 3 is 2.70 bits per heavy atom. The number of aromatic nitrogens is 1. The number of aromatic carboxylic acids is 1. The average Bonchev–Trinajstić information content (AvgIpc) is 2.79. The zero-order valence-electron chi connectivity index (χ0n) is 18.5. The number of hydrogen-bond acceptors (Lipinski definition) is 4. The van der Waals surface area contributed by atoms with Crippen molar-refractivity contribution in [2.45, 2.75) is 44.8 Å². The van der Waals surface area contributed by atoms with Crippen molar-refractivity contribution in [3.8, 4) is 0 Å². The molecule has 7 heteroatoms. The molecule has 3 atom stereocenters. The van der Waals surface area contributed by atoms with E-state index >= 15 is 4.39 Å². The quantitative estimate of drug-likeness (QED) is 0.632. The lowest BCUT2D eigenvalue weighted by Crippen LogP contribution is -2.45. The molecule has 1 saturated heterocycles. The van der Waals surface area contributed by atoms with Gasteiger partial charge < -0.3 is 19.7 Å². The molecule has 1 aromatic heterocycles. The molecule has 172 valence electrons. The molecular formula is C26H27FN2O4. The van der Waals surface area contributed by atoms with E-state index in [1.165, 1.54) is 12.3 Å². The fourth-order valence-corrected chi connectivity index (χ4v) is 5.47. The van der Waals surface area contributed by atoms with Crippen LogP contribution in [-0.2, 0) is 12.8 Å². The first-order valence-electron chi connectivity index (χ1n) is 11.5. The molecule has 0 bridgehead atoms. The van der Waals surface area contributed by atoms with Crippen LogP contribution < -0.4 is 10.3 Å². The second kappa shape index (κ2) is 8.30. The van der Waals surface area contributed by atoms with E-state index < -0.39 is 23.3 Å². The van der Waals surface area contributed by atoms with E-state index in [-0.39, 0.29) is 22.9 Å². The van der Waals surface area contributed by atoms with E-state index in [4.69, 9.17) is 0 Å². The van der Waals surface area contributed by atoms with Crippen LogP contribution in [0.4, 0.5) is 10.1 Å². The van der Waals surface area contributed by atoms with Gasteiger partial charge in [0, 0.05) is 42.2 Å². The normalized spacial score (nSPS) is 22.5. The van der Waals surface area contributed by atoms with Crippen LogP contribution in [0.2, 0.25) is 0 Å². The van der Waals surface area contributed by atoms with Crippen molar-refractivity contribution in [2.75, 3.05) is 18.0 Å². The second-order valence-corrected chi connectivity index (χ2v) is 9.31. The average molecular weight is 451 g/mol. The maximum absolute atomic E-state index is 15.6. The topological polar surface area (TPSA) is 82.8 Å². The summed E-state index contributed by atoms with van der Waals surface area (Å²) < 4.78 is 17.4. The monoisotopic (exact) mass is 450 g/mol. The molecule has 0 spiro atoms. The van der Waals surface area contributed by atoms with Gasteiger partial charge >= 0.3 is 5.97 Å². The van der Waals surface area contributed by atoms with E-state index in [1.807, 2.05) is 46.7 Å². The highest BCUT2D eigenvalue weighted by atomic mass is 19.1. The highest BCUT2D eigenvalue weighted by Gasteiger charge is 2.33. The van der Waals surface area contributed by atoms with Gasteiger partial charge in [-0.25, -0.2) is 9.18 Å². The van der Waals surface area contributed by atoms with Crippen LogP contribution in [0.25, 0.3) is 10.9 Å². The van der Waals surface area contributed by atoms with Gasteiger partial charge in [-0.3, -0.25) is 4.79 Å². The van der Waals surface area contributed by atoms with Gasteiger partial charge in [-0.05, 0) is 44.2 Å². The summed E-state index contributed by atoms with van der Waals surface area (Å²) in [5, 5.41) is 20.3. The third-order valence-electron chi connectivity index (χ3n) is 7.21. The van der Waals surface area contributed by atoms with Crippen LogP contribution in [0.3, 0.4) is 0 Å². The predicted molar refractivity (Wildman–Crippen MR) is 125 cm³/mol. The number of aliphatic hydroxyl groups is 1. The Bertz CT molecular complexity index is 1290. The van der Waals surface area contributed by atoms with Crippen LogP contribution in [0.15, 0.2) is 47.4 Å². The number of carboxylic acid groups (broad SMARTS) is 1. The number of nitrogens with zero attached hydrogens (tertiary/aromatic N) is 2. The molecular weight excluding hydrogens is 423 g/mol. The number of carboxylic acids is 1. The van der Waals surface area contributed by atoms with Gasteiger partial charge in [-0.2, -0.15) is 0 Å². The summed E-state index contributed by atoms with van der Waals surface area (Å²) in [6, 6.07) is 11.2. The molecule has 1 fully saturated rings. The molecule has 2 aromatic carbocycles. The number of anilines is 1. The maximum atomic E-state index is 15.6. The van der Waals surface area contributed by atoms with Gasteiger partial charge in [0.15, 0.2) is 0 Å². The minimum absolute atomic E-state index is 0.00557. The second-order valence-electron chi connectivity index (χ2n) is 9.31. The summed E-state index contributed by atoms with van der Waals surface area (Å²) in [6.45, 7) is 3.02. The van der Waals surface area contributed by atoms with Crippen molar-refractivity contribution in [1.82, 2.24) is 4.57 Å². The van der Waals surface area contributed by atoms with Gasteiger partial charge in [0.2, 0.25) is 5.43 Å². The number of halogens is 1. The Labute approximate surface area is 190 Å². The highest BCUT2D eigenvalue weighted by molar-refractivity contribution is 5.95. The molecule has 6 nitrogen and oxygen atoms in total. The molecule has 3 heterocycles. The fourth-order valence-electron chi connectivity index (χ4n) is 5.47. The number of rotatable bonds is 4. The molecule has 2 aliphatic heterocycles. The first-order valence-corrected chi connectivity index (χ1v) is 11.5. The van der Waals surface area contributed by atoms with Crippen LogP contribution >= 0.6 is 0 Å². The number of carbonyl (C=O) groups is 1. The van der Waals surface area contributed by atoms with E-state index in [9.17, 15) is 19.8 Å². The van der Waals surface area contributed by atoms with E-state index in [0.29, 0.717) is 43.6 Å². The van der Waals surface area contributed by atoms with Gasteiger partial charge in [0.1, 0.15) is 11.4 Å². The minimum atomic E-state index is -1.30. The van der Waals surface area contributed by atoms with Gasteiger partial charge in [0.25, 0.3) is 0 Å². The molecule has 0 aliphatic carbocycles. The third kappa shape index (κ3) is 3.70. The molecule has 0 saturated carbocycles. The molecule has 2 aliphatic rings. The molecule has 2 N–H and O–H groups in total. The highest BCUT2D eigenvalue weighted by Crippen LogP contribution is 2.39. The van der Waals surface area contributed by atoms with Crippen LogP contribution in [0.1, 0.15) is 47.3 Å². The Morgan fingerprint density at radius 1 is 1.21 bits per heavy atom. The number of pyridine rings is 1. The van der Waals surface area contributed by atoms with E-state index in [1.54, 1.807) is 0 Å². The van der Waals surface area contributed by atoms with Crippen molar-refractivity contribution < 1.29 is 19.4 Å². The zero-order valence-corrected chi connectivity index (χ0v) is 18.5. The summed E-state index contributed by atoms with van der Waals surface area (Å²) in [5.74, 6) is -1.85. The smallest absolute Gasteiger partial charge is 0.341 e. The largest absolute Gasteiger partial charge is 0.477 e. The molecule has 2 unspecified atom stereocenters. The van der Waals surface area contributed by atoms with Crippen molar-refractivity contribution >= 4 is 22.6 Å². The van der Waals surface area contributed by atoms with E-state index in [0.717, 1.165) is 17.5 Å². The zero-order chi connectivity index (χ0) is 23.3. The SMILES string of the molecule is C[C@H]1CCc2c(N3CCC(O)C(Cc4ccccc4)C3)c(F)cc3c(=O)c(C(=O)O)cn1c23. The van der Waals surface area contributed by atoms with Crippen molar-refractivity contribution in [3.63, 3.8) is 0 Å². The Kier molecular flexibility index (Phi) is 5.44.